The fourth-order valence-electron chi connectivity index (χ4n) is 1.43. The number of morpholine rings is 1. The minimum atomic E-state index is 0.814. The lowest BCUT2D eigenvalue weighted by molar-refractivity contribution is 0.0676. The smallest absolute Gasteiger partial charge is 0.118 e. The Hall–Kier alpha value is 0.130. The van der Waals surface area contributed by atoms with Crippen molar-refractivity contribution in [3.05, 3.63) is 9.09 Å². The molecule has 13 heavy (non-hydrogen) atoms. The Labute approximate surface area is 94.1 Å². The molecule has 2 aliphatic heterocycles. The highest BCUT2D eigenvalue weighted by Crippen LogP contribution is 2.30. The second-order valence-corrected chi connectivity index (χ2v) is 4.71. The summed E-state index contributed by atoms with van der Waals surface area (Å²) in [6, 6.07) is 0. The van der Waals surface area contributed by atoms with Crippen LogP contribution in [0.25, 0.3) is 0 Å². The number of aliphatic imine (C=N–C) groups is 1. The molecule has 0 amide bonds. The van der Waals surface area contributed by atoms with Gasteiger partial charge in [-0.2, -0.15) is 0 Å². The number of rotatable bonds is 0. The van der Waals surface area contributed by atoms with Crippen LogP contribution in [0.15, 0.2) is 14.1 Å². The molecule has 0 aromatic carbocycles. The minimum Gasteiger partial charge on any atom is -0.378 e. The standard InChI is InChI=1S/C8H10Br2N2O/c9-6-5-7(11-8(6)10)12-1-3-13-4-2-12/h1-5H2. The third-order valence-corrected chi connectivity index (χ3v) is 3.98. The average Bonchev–Trinajstić information content (AvgIpc) is 2.49. The molecule has 0 bridgehead atoms. The van der Waals surface area contributed by atoms with Crippen LogP contribution in [0, 0.1) is 0 Å². The van der Waals surface area contributed by atoms with E-state index in [0.29, 0.717) is 0 Å². The van der Waals surface area contributed by atoms with E-state index in [0.717, 1.165) is 47.6 Å². The fourth-order valence-corrected chi connectivity index (χ4v) is 2.11. The molecule has 0 aromatic rings. The third kappa shape index (κ3) is 2.14. The van der Waals surface area contributed by atoms with E-state index in [1.807, 2.05) is 0 Å². The van der Waals surface area contributed by atoms with Crippen LogP contribution < -0.4 is 0 Å². The number of hydrogen-bond donors (Lipinski definition) is 0. The number of nitrogens with zero attached hydrogens (tertiary/aromatic N) is 2. The first kappa shape index (κ1) is 9.68. The first-order chi connectivity index (χ1) is 6.27. The lowest BCUT2D eigenvalue weighted by Gasteiger charge is -2.28. The number of hydrogen-bond acceptors (Lipinski definition) is 3. The Bertz CT molecular complexity index is 269. The average molecular weight is 310 g/mol. The van der Waals surface area contributed by atoms with Crippen molar-refractivity contribution in [3.63, 3.8) is 0 Å². The molecular formula is C8H10Br2N2O. The van der Waals surface area contributed by atoms with Gasteiger partial charge in [-0.05, 0) is 15.9 Å². The van der Waals surface area contributed by atoms with Gasteiger partial charge in [0, 0.05) is 24.0 Å². The van der Waals surface area contributed by atoms with E-state index in [1.54, 1.807) is 0 Å². The lowest BCUT2D eigenvalue weighted by atomic mass is 10.3. The van der Waals surface area contributed by atoms with Gasteiger partial charge in [0.25, 0.3) is 0 Å². The fraction of sp³-hybridized carbons (Fsp3) is 0.625. The van der Waals surface area contributed by atoms with Crippen LogP contribution in [0.1, 0.15) is 6.42 Å². The first-order valence-corrected chi connectivity index (χ1v) is 5.80. The predicted molar refractivity (Wildman–Crippen MR) is 59.3 cm³/mol. The highest BCUT2D eigenvalue weighted by molar-refractivity contribution is 9.14. The van der Waals surface area contributed by atoms with Crippen molar-refractivity contribution < 1.29 is 4.74 Å². The molecule has 72 valence electrons. The van der Waals surface area contributed by atoms with Gasteiger partial charge in [0.2, 0.25) is 0 Å². The van der Waals surface area contributed by atoms with E-state index in [9.17, 15) is 0 Å². The Kier molecular flexibility index (Phi) is 3.06. The molecule has 0 aromatic heterocycles. The third-order valence-electron chi connectivity index (χ3n) is 2.14. The number of halogens is 2. The molecule has 2 heterocycles. The zero-order valence-corrected chi connectivity index (χ0v) is 10.3. The van der Waals surface area contributed by atoms with E-state index in [-0.39, 0.29) is 0 Å². The van der Waals surface area contributed by atoms with E-state index in [1.165, 1.54) is 0 Å². The molecule has 5 heteroatoms. The molecule has 0 radical (unpaired) electrons. The van der Waals surface area contributed by atoms with Crippen LogP contribution in [0.2, 0.25) is 0 Å². The van der Waals surface area contributed by atoms with Crippen LogP contribution >= 0.6 is 31.9 Å². The van der Waals surface area contributed by atoms with Gasteiger partial charge in [-0.3, -0.25) is 0 Å². The monoisotopic (exact) mass is 308 g/mol. The molecule has 2 rings (SSSR count). The Morgan fingerprint density at radius 2 is 1.92 bits per heavy atom. The van der Waals surface area contributed by atoms with Gasteiger partial charge in [-0.25, -0.2) is 4.99 Å². The van der Waals surface area contributed by atoms with Crippen LogP contribution in [0.4, 0.5) is 0 Å². The molecule has 2 aliphatic rings. The van der Waals surface area contributed by atoms with E-state index in [2.05, 4.69) is 41.8 Å². The molecule has 0 atom stereocenters. The molecule has 1 saturated heterocycles. The summed E-state index contributed by atoms with van der Waals surface area (Å²) in [5.74, 6) is 1.14. The second kappa shape index (κ2) is 4.11. The number of ether oxygens (including phenoxy) is 1. The van der Waals surface area contributed by atoms with Gasteiger partial charge in [0.15, 0.2) is 0 Å². The maximum atomic E-state index is 5.28. The van der Waals surface area contributed by atoms with Gasteiger partial charge in [0.05, 0.1) is 13.2 Å². The molecule has 0 N–H and O–H groups in total. The van der Waals surface area contributed by atoms with Crippen LogP contribution in [0.3, 0.4) is 0 Å². The Balaban J connectivity index is 2.00. The second-order valence-electron chi connectivity index (χ2n) is 3.00. The summed E-state index contributed by atoms with van der Waals surface area (Å²) in [7, 11) is 0. The highest BCUT2D eigenvalue weighted by Gasteiger charge is 2.21. The quantitative estimate of drug-likeness (QED) is 0.640. The van der Waals surface area contributed by atoms with Crippen LogP contribution in [0.5, 0.6) is 0 Å². The maximum Gasteiger partial charge on any atom is 0.118 e. The molecule has 3 nitrogen and oxygen atoms in total. The van der Waals surface area contributed by atoms with Crippen LogP contribution in [-0.2, 0) is 4.74 Å². The van der Waals surface area contributed by atoms with Gasteiger partial charge >= 0.3 is 0 Å². The zero-order chi connectivity index (χ0) is 9.26. The van der Waals surface area contributed by atoms with E-state index >= 15 is 0 Å². The lowest BCUT2D eigenvalue weighted by Crippen LogP contribution is -2.40. The largest absolute Gasteiger partial charge is 0.378 e. The van der Waals surface area contributed by atoms with Crippen molar-refractivity contribution in [2.24, 2.45) is 4.99 Å². The highest BCUT2D eigenvalue weighted by atomic mass is 79.9. The summed E-state index contributed by atoms with van der Waals surface area (Å²) in [5.41, 5.74) is 0. The normalized spacial score (nSPS) is 23.8. The van der Waals surface area contributed by atoms with Crippen molar-refractivity contribution in [2.75, 3.05) is 26.3 Å². The van der Waals surface area contributed by atoms with E-state index in [4.69, 9.17) is 4.74 Å². The molecule has 0 aliphatic carbocycles. The van der Waals surface area contributed by atoms with Gasteiger partial charge in [0.1, 0.15) is 10.4 Å². The molecular weight excluding hydrogens is 300 g/mol. The predicted octanol–water partition coefficient (Wildman–Crippen LogP) is 2.08. The molecule has 0 unspecified atom stereocenters. The first-order valence-electron chi connectivity index (χ1n) is 4.22. The minimum absolute atomic E-state index is 0.814. The van der Waals surface area contributed by atoms with Crippen molar-refractivity contribution in [3.8, 4) is 0 Å². The molecule has 1 fully saturated rings. The van der Waals surface area contributed by atoms with Gasteiger partial charge in [-0.1, -0.05) is 15.9 Å². The van der Waals surface area contributed by atoms with Crippen molar-refractivity contribution >= 4 is 37.7 Å². The van der Waals surface area contributed by atoms with Gasteiger partial charge in [-0.15, -0.1) is 0 Å². The van der Waals surface area contributed by atoms with Gasteiger partial charge < -0.3 is 9.64 Å². The summed E-state index contributed by atoms with van der Waals surface area (Å²) >= 11 is 6.87. The summed E-state index contributed by atoms with van der Waals surface area (Å²) in [5, 5.41) is 0. The van der Waals surface area contributed by atoms with E-state index < -0.39 is 0 Å². The zero-order valence-electron chi connectivity index (χ0n) is 7.09. The molecule has 0 saturated carbocycles. The summed E-state index contributed by atoms with van der Waals surface area (Å²) in [6.07, 6.45) is 0.903. The Morgan fingerprint density at radius 1 is 1.23 bits per heavy atom. The summed E-state index contributed by atoms with van der Waals surface area (Å²) in [6.45, 7) is 3.54. The van der Waals surface area contributed by atoms with Crippen molar-refractivity contribution in [1.29, 1.82) is 0 Å². The van der Waals surface area contributed by atoms with Crippen molar-refractivity contribution in [2.45, 2.75) is 6.42 Å². The Morgan fingerprint density at radius 3 is 2.46 bits per heavy atom. The molecule has 0 spiro atoms. The summed E-state index contributed by atoms with van der Waals surface area (Å²) in [4.78, 5) is 6.71. The maximum absolute atomic E-state index is 5.28. The SMILES string of the molecule is BrC1=C(Br)N=C(N2CCOCC2)C1. The topological polar surface area (TPSA) is 24.8 Å². The number of amidine groups is 1. The summed E-state index contributed by atoms with van der Waals surface area (Å²) < 4.78 is 7.34. The van der Waals surface area contributed by atoms with Crippen LogP contribution in [-0.4, -0.2) is 37.0 Å². The van der Waals surface area contributed by atoms with Crippen molar-refractivity contribution in [1.82, 2.24) is 4.90 Å².